The van der Waals surface area contributed by atoms with Crippen LogP contribution in [0.2, 0.25) is 0 Å². The van der Waals surface area contributed by atoms with Gasteiger partial charge >= 0.3 is 124 Å². The Kier molecular flexibility index (Phi) is 74.5. The van der Waals surface area contributed by atoms with E-state index in [0.29, 0.717) is 0 Å². The molecule has 0 saturated heterocycles. The van der Waals surface area contributed by atoms with E-state index in [0.717, 1.165) is 0 Å². The molecule has 0 aliphatic carbocycles. The van der Waals surface area contributed by atoms with E-state index in [4.69, 9.17) is 55.7 Å². The van der Waals surface area contributed by atoms with Gasteiger partial charge in [0, 0.05) is 74.3 Å². The van der Waals surface area contributed by atoms with Crippen molar-refractivity contribution in [2.45, 2.75) is 0 Å². The first-order valence-electron chi connectivity index (χ1n) is 15.5. The molecule has 0 aromatic heterocycles. The van der Waals surface area contributed by atoms with Crippen LogP contribution in [0.3, 0.4) is 0 Å². The van der Waals surface area contributed by atoms with Gasteiger partial charge in [-0.1, -0.05) is 146 Å². The van der Waals surface area contributed by atoms with Crippen LogP contribution in [0, 0.1) is 73.2 Å². The summed E-state index contributed by atoms with van der Waals surface area (Å²) in [6.45, 7) is 49.5. The Balaban J connectivity index is -0.000000152. The summed E-state index contributed by atoms with van der Waals surface area (Å²) >= 11 is 0. The van der Waals surface area contributed by atoms with Gasteiger partial charge in [-0.3, -0.25) is 0 Å². The number of benzene rings is 6. The average molecular weight is 1150 g/mol. The first kappa shape index (κ1) is 79.4. The van der Waals surface area contributed by atoms with E-state index in [2.05, 4.69) is 255 Å². The molecule has 0 spiro atoms. The van der Waals surface area contributed by atoms with Gasteiger partial charge in [0.05, 0.1) is 0 Å². The third kappa shape index (κ3) is 24.7. The maximum absolute atomic E-state index is 7.50. The molecule has 0 unspecified atom stereocenters. The van der Waals surface area contributed by atoms with Crippen molar-refractivity contribution >= 4 is 46.3 Å². The molecule has 64 heavy (non-hydrogen) atoms. The summed E-state index contributed by atoms with van der Waals surface area (Å²) in [5, 5.41) is 7.55. The molecular weight excluding hydrogens is 1120 g/mol. The second kappa shape index (κ2) is 60.1. The standard InChI is InChI=1S/C36H30NP2.11CO.3Ru/c1-7-19-31(20-8-1)38(32-21-9-2-10-22-32,33-23-11-3-12-24-33)37-39(34-25-13-4-14-26-34,35-27-15-5-16-28-35)36-29-17-6-18-30-36;11*1-2;;;/h1-30H;;;;;;;;;;;;;;/q+1;;;;;;;;;;;;;;. The van der Waals surface area contributed by atoms with Crippen LogP contribution in [0.5, 0.6) is 0 Å². The molecule has 322 valence electrons. The van der Waals surface area contributed by atoms with E-state index in [9.17, 15) is 0 Å². The molecule has 6 rings (SSSR count). The minimum atomic E-state index is -2.50. The maximum atomic E-state index is 7.50. The minimum absolute atomic E-state index is 0. The fourth-order valence-corrected chi connectivity index (χ4v) is 14.8. The van der Waals surface area contributed by atoms with Crippen molar-refractivity contribution in [2.24, 2.45) is 4.52 Å². The van der Waals surface area contributed by atoms with Crippen molar-refractivity contribution in [1.29, 1.82) is 0 Å². The number of hydrogen-bond donors (Lipinski definition) is 0. The molecule has 0 amide bonds. The molecule has 0 atom stereocenters. The van der Waals surface area contributed by atoms with E-state index in [1.165, 1.54) is 31.8 Å². The molecule has 6 aromatic carbocycles. The van der Waals surface area contributed by atoms with Crippen molar-refractivity contribution in [3.8, 4) is 0 Å². The second-order valence-electron chi connectivity index (χ2n) is 9.37. The maximum Gasteiger partial charge on any atom is 0.228 e. The second-order valence-corrected chi connectivity index (χ2v) is 15.7. The third-order valence-electron chi connectivity index (χ3n) is 7.05. The van der Waals surface area contributed by atoms with Crippen LogP contribution >= 0.6 is 14.5 Å². The Morgan fingerprint density at radius 1 is 0.250 bits per heavy atom. The zero-order valence-corrected chi connectivity index (χ0v) is 39.7. The smallest absolute Gasteiger partial charge is 0.121 e. The van der Waals surface area contributed by atoms with Crippen LogP contribution in [0.1, 0.15) is 0 Å². The molecule has 12 nitrogen and oxygen atoms in total. The van der Waals surface area contributed by atoms with Gasteiger partial charge in [-0.25, -0.2) is 0 Å². The van der Waals surface area contributed by atoms with Crippen LogP contribution in [-0.2, 0) is 110 Å². The fraction of sp³-hybridized carbons (Fsp3) is 0. The average Bonchev–Trinajstić information content (AvgIpc) is 3.42. The van der Waals surface area contributed by atoms with Gasteiger partial charge in [0.25, 0.3) is 0 Å². The van der Waals surface area contributed by atoms with E-state index < -0.39 is 14.5 Å². The number of hydrogen-bond acceptors (Lipinski definition) is 1. The molecule has 17 heteroatoms. The van der Waals surface area contributed by atoms with Gasteiger partial charge in [0.2, 0.25) is 7.41 Å². The Morgan fingerprint density at radius 2 is 0.391 bits per heavy atom. The van der Waals surface area contributed by atoms with Crippen LogP contribution < -0.4 is 31.8 Å². The van der Waals surface area contributed by atoms with E-state index in [1.54, 1.807) is 0 Å². The van der Waals surface area contributed by atoms with Crippen LogP contribution in [0.15, 0.2) is 187 Å². The van der Waals surface area contributed by atoms with Gasteiger partial charge < -0.3 is 0 Å². The van der Waals surface area contributed by atoms with Crippen LogP contribution in [0.4, 0.5) is 0 Å². The zero-order valence-electron chi connectivity index (χ0n) is 32.7. The van der Waals surface area contributed by atoms with Gasteiger partial charge in [-0.2, -0.15) is 0 Å². The number of rotatable bonds is 7. The van der Waals surface area contributed by atoms with Gasteiger partial charge in [-0.15, -0.1) is 4.52 Å². The summed E-state index contributed by atoms with van der Waals surface area (Å²) in [6.07, 6.45) is 0. The molecule has 0 heterocycles. The normalized spacial score (nSPS) is 7.41. The fourth-order valence-electron chi connectivity index (χ4n) is 5.27. The summed E-state index contributed by atoms with van der Waals surface area (Å²) in [5.41, 5.74) is 0. The monoisotopic (exact) mass is 1150 g/mol. The molecular formula is C47H30NO11P2Ru3+. The molecule has 0 fully saturated rings. The summed E-state index contributed by atoms with van der Waals surface area (Å²) in [6, 6.07) is 65.7. The van der Waals surface area contributed by atoms with E-state index >= 15 is 0 Å². The predicted octanol–water partition coefficient (Wildman–Crippen LogP) is 6.65. The summed E-state index contributed by atoms with van der Waals surface area (Å²) in [5.74, 6) is 0. The summed E-state index contributed by atoms with van der Waals surface area (Å²) in [7, 11) is -4.99. The van der Waals surface area contributed by atoms with E-state index in [-0.39, 0.29) is 58.4 Å². The van der Waals surface area contributed by atoms with Gasteiger partial charge in [0.15, 0.2) is 0 Å². The largest absolute Gasteiger partial charge is 0.228 e. The molecule has 0 N–H and O–H groups in total. The first-order valence-corrected chi connectivity index (χ1v) is 18.9. The SMILES string of the molecule is [C-]#[O+].[C-]#[O+].[C-]#[O+].[C-]#[O+].[C-]#[O+].[C-]#[O+].[C-]#[O+].[C-]#[O+].[C-]#[O+].[C-]#[O+].[C-]#[O+].[Ru].[Ru].[Ru].c1ccc(P(=N[P+](c2ccccc2)(c2ccccc2)c2ccccc2)(c2ccccc2)c2ccccc2)cc1. The van der Waals surface area contributed by atoms with Crippen molar-refractivity contribution < 1.29 is 110 Å². The van der Waals surface area contributed by atoms with E-state index in [1.807, 2.05) is 0 Å². The zero-order chi connectivity index (χ0) is 48.4. The van der Waals surface area contributed by atoms with Crippen molar-refractivity contribution in [3.63, 3.8) is 0 Å². The minimum Gasteiger partial charge on any atom is -0.121 e. The first-order chi connectivity index (χ1) is 30.3. The Morgan fingerprint density at radius 3 is 0.547 bits per heavy atom. The Labute approximate surface area is 412 Å². The molecule has 6 aromatic rings. The van der Waals surface area contributed by atoms with Crippen molar-refractivity contribution in [1.82, 2.24) is 0 Å². The summed E-state index contributed by atoms with van der Waals surface area (Å²) in [4.78, 5) is 0. The van der Waals surface area contributed by atoms with Crippen molar-refractivity contribution in [3.05, 3.63) is 255 Å². The molecule has 0 aliphatic heterocycles. The third-order valence-corrected chi connectivity index (χ3v) is 15.5. The Bertz CT molecular complexity index is 1930. The molecule has 0 radical (unpaired) electrons. The predicted molar refractivity (Wildman–Crippen MR) is 216 cm³/mol. The molecule has 0 aliphatic rings. The van der Waals surface area contributed by atoms with Crippen LogP contribution in [-0.4, -0.2) is 0 Å². The Hall–Kier alpha value is -5.01. The molecule has 0 bridgehead atoms. The summed E-state index contributed by atoms with van der Waals surface area (Å²) < 4.78 is 88.9. The van der Waals surface area contributed by atoms with Crippen LogP contribution in [0.25, 0.3) is 0 Å². The van der Waals surface area contributed by atoms with Gasteiger partial charge in [-0.05, 0) is 36.4 Å². The van der Waals surface area contributed by atoms with Crippen molar-refractivity contribution in [2.75, 3.05) is 0 Å². The quantitative estimate of drug-likeness (QED) is 0.0708. The molecule has 0 saturated carbocycles. The number of nitrogens with zero attached hydrogens (tertiary/aromatic N) is 1. The topological polar surface area (TPSA) is 231 Å². The van der Waals surface area contributed by atoms with Gasteiger partial charge in [0.1, 0.15) is 23.0 Å².